The van der Waals surface area contributed by atoms with Gasteiger partial charge in [0.1, 0.15) is 11.9 Å². The van der Waals surface area contributed by atoms with Gasteiger partial charge in [-0.25, -0.2) is 4.79 Å². The van der Waals surface area contributed by atoms with Gasteiger partial charge >= 0.3 is 5.97 Å². The maximum atomic E-state index is 12.9. The predicted octanol–water partition coefficient (Wildman–Crippen LogP) is 6.26. The summed E-state index contributed by atoms with van der Waals surface area (Å²) in [6.45, 7) is 9.29. The topological polar surface area (TPSA) is 76.0 Å². The van der Waals surface area contributed by atoms with Crippen LogP contribution in [0.4, 0.5) is 0 Å². The predicted molar refractivity (Wildman–Crippen MR) is 151 cm³/mol. The van der Waals surface area contributed by atoms with Gasteiger partial charge in [-0.1, -0.05) is 59.1 Å². The molecule has 0 saturated heterocycles. The molecule has 39 heavy (non-hydrogen) atoms. The van der Waals surface area contributed by atoms with E-state index in [0.717, 1.165) is 63.5 Å². The molecule has 4 saturated carbocycles. The third-order valence-corrected chi connectivity index (χ3v) is 12.9. The zero-order valence-electron chi connectivity index (χ0n) is 24.6. The van der Waals surface area contributed by atoms with Crippen LogP contribution in [0.5, 0.6) is 5.75 Å². The quantitative estimate of drug-likeness (QED) is 0.257. The number of hydrogen-bond donors (Lipinski definition) is 2. The second-order valence-electron chi connectivity index (χ2n) is 14.7. The van der Waals surface area contributed by atoms with Gasteiger partial charge < -0.3 is 19.7 Å². The van der Waals surface area contributed by atoms with E-state index in [4.69, 9.17) is 9.47 Å². The lowest BCUT2D eigenvalue weighted by Crippen LogP contribution is -2.70. The maximum absolute atomic E-state index is 12.9. The molecule has 10 atom stereocenters. The number of carbonyl (C=O) groups excluding carboxylic acids is 1. The Hall–Kier alpha value is -1.59. The first-order valence-electron chi connectivity index (χ1n) is 15.9. The molecule has 0 aliphatic heterocycles. The van der Waals surface area contributed by atoms with Crippen molar-refractivity contribution in [1.82, 2.24) is 0 Å². The number of aliphatic hydroxyl groups excluding tert-OH is 2. The van der Waals surface area contributed by atoms with E-state index < -0.39 is 0 Å². The van der Waals surface area contributed by atoms with Gasteiger partial charge in [0, 0.05) is 5.41 Å². The Balaban J connectivity index is 1.04. The van der Waals surface area contributed by atoms with Crippen molar-refractivity contribution >= 4 is 5.97 Å². The molecule has 0 heterocycles. The molecule has 0 bridgehead atoms. The summed E-state index contributed by atoms with van der Waals surface area (Å²) in [6, 6.07) is 6.20. The summed E-state index contributed by atoms with van der Waals surface area (Å²) < 4.78 is 12.2. The number of benzene rings is 1. The molecule has 5 nitrogen and oxygen atoms in total. The van der Waals surface area contributed by atoms with Crippen LogP contribution in [0.3, 0.4) is 0 Å². The van der Waals surface area contributed by atoms with Crippen LogP contribution in [0.1, 0.15) is 103 Å². The zero-order valence-corrected chi connectivity index (χ0v) is 24.6. The van der Waals surface area contributed by atoms with E-state index in [1.165, 1.54) is 30.4 Å². The number of aliphatic hydroxyl groups is 2. The molecule has 0 aromatic heterocycles. The highest BCUT2D eigenvalue weighted by Crippen LogP contribution is 2.86. The minimum absolute atomic E-state index is 0.00620. The van der Waals surface area contributed by atoms with Crippen LogP contribution in [-0.4, -0.2) is 41.1 Å². The molecular weight excluding hydrogens is 488 g/mol. The van der Waals surface area contributed by atoms with Crippen LogP contribution >= 0.6 is 0 Å². The highest BCUT2D eigenvalue weighted by atomic mass is 16.6. The van der Waals surface area contributed by atoms with Crippen molar-refractivity contribution in [3.63, 3.8) is 0 Å². The molecule has 5 heteroatoms. The summed E-state index contributed by atoms with van der Waals surface area (Å²) in [7, 11) is 0. The first-order valence-corrected chi connectivity index (χ1v) is 15.9. The van der Waals surface area contributed by atoms with Gasteiger partial charge in [0.15, 0.2) is 6.61 Å². The van der Waals surface area contributed by atoms with Gasteiger partial charge in [-0.15, -0.1) is 0 Å². The van der Waals surface area contributed by atoms with Crippen molar-refractivity contribution in [2.45, 2.75) is 123 Å². The summed E-state index contributed by atoms with van der Waals surface area (Å²) >= 11 is 0. The number of fused-ring (bicyclic) bond motifs is 2. The van der Waals surface area contributed by atoms with Crippen LogP contribution in [0.2, 0.25) is 0 Å². The molecule has 216 valence electrons. The SMILES string of the molecule is CCCCCC(O)CCC1C(O)CC2Cc3c(cccc3OCC(=O)OC3CC4CC5(C)CC3(C)C45C)CC21. The average Bonchev–Trinajstić information content (AvgIpc) is 3.21. The average molecular weight is 539 g/mol. The molecule has 2 N–H and O–H groups in total. The maximum Gasteiger partial charge on any atom is 0.344 e. The van der Waals surface area contributed by atoms with E-state index in [2.05, 4.69) is 33.8 Å². The van der Waals surface area contributed by atoms with Gasteiger partial charge in [0.25, 0.3) is 0 Å². The lowest BCUT2D eigenvalue weighted by molar-refractivity contribution is -0.288. The third kappa shape index (κ3) is 4.28. The first-order chi connectivity index (χ1) is 18.6. The molecule has 6 rings (SSSR count). The number of esters is 1. The van der Waals surface area contributed by atoms with E-state index in [9.17, 15) is 15.0 Å². The van der Waals surface area contributed by atoms with Gasteiger partial charge in [0.05, 0.1) is 12.2 Å². The zero-order chi connectivity index (χ0) is 27.6. The fourth-order valence-electron chi connectivity index (χ4n) is 10.5. The van der Waals surface area contributed by atoms with Crippen LogP contribution in [0.25, 0.3) is 0 Å². The summed E-state index contributed by atoms with van der Waals surface area (Å²) in [6.07, 6.45) is 11.5. The molecule has 5 aliphatic carbocycles. The number of unbranched alkanes of at least 4 members (excludes halogenated alkanes) is 2. The Kier molecular flexibility index (Phi) is 7.10. The molecule has 10 unspecified atom stereocenters. The normalized spacial score (nSPS) is 42.0. The van der Waals surface area contributed by atoms with Crippen molar-refractivity contribution in [3.05, 3.63) is 29.3 Å². The van der Waals surface area contributed by atoms with Gasteiger partial charge in [-0.05, 0) is 109 Å². The minimum Gasteiger partial charge on any atom is -0.482 e. The monoisotopic (exact) mass is 538 g/mol. The Bertz CT molecular complexity index is 1090. The number of rotatable bonds is 11. The molecule has 4 fully saturated rings. The summed E-state index contributed by atoms with van der Waals surface area (Å²) in [5, 5.41) is 21.4. The second kappa shape index (κ2) is 10.0. The first kappa shape index (κ1) is 27.6. The largest absolute Gasteiger partial charge is 0.482 e. The van der Waals surface area contributed by atoms with Gasteiger partial charge in [-0.2, -0.15) is 0 Å². The van der Waals surface area contributed by atoms with Crippen molar-refractivity contribution in [1.29, 1.82) is 0 Å². The van der Waals surface area contributed by atoms with Crippen molar-refractivity contribution in [3.8, 4) is 5.75 Å². The third-order valence-electron chi connectivity index (χ3n) is 12.9. The molecule has 5 aliphatic rings. The Morgan fingerprint density at radius 2 is 1.95 bits per heavy atom. The standard InChI is InChI=1S/C34H50O5/c1-5-6-7-10-24(35)12-13-25-26-14-21-9-8-11-29(27(21)15-22(26)16-28(25)36)38-19-31(37)39-30-17-23-18-32(2)20-33(30,3)34(23,32)4/h8-9,11,22-26,28,30,35-36H,5-7,10,12-20H2,1-4H3. The van der Waals surface area contributed by atoms with Crippen molar-refractivity contribution < 1.29 is 24.5 Å². The molecular formula is C34H50O5. The smallest absolute Gasteiger partial charge is 0.344 e. The Morgan fingerprint density at radius 1 is 1.13 bits per heavy atom. The van der Waals surface area contributed by atoms with Crippen LogP contribution in [-0.2, 0) is 22.4 Å². The van der Waals surface area contributed by atoms with Crippen LogP contribution in [0.15, 0.2) is 18.2 Å². The summed E-state index contributed by atoms with van der Waals surface area (Å²) in [5.74, 6) is 2.36. The van der Waals surface area contributed by atoms with E-state index in [0.29, 0.717) is 28.6 Å². The Morgan fingerprint density at radius 3 is 2.69 bits per heavy atom. The molecule has 0 radical (unpaired) electrons. The van der Waals surface area contributed by atoms with Crippen LogP contribution < -0.4 is 4.74 Å². The van der Waals surface area contributed by atoms with E-state index >= 15 is 0 Å². The van der Waals surface area contributed by atoms with Gasteiger partial charge in [-0.3, -0.25) is 0 Å². The van der Waals surface area contributed by atoms with Crippen molar-refractivity contribution in [2.75, 3.05) is 6.61 Å². The highest BCUT2D eigenvalue weighted by Gasteiger charge is 2.82. The van der Waals surface area contributed by atoms with Crippen LogP contribution in [0, 0.1) is 39.9 Å². The number of hydrogen-bond acceptors (Lipinski definition) is 5. The Labute approximate surface area is 235 Å². The van der Waals surface area contributed by atoms with Crippen molar-refractivity contribution in [2.24, 2.45) is 39.9 Å². The molecule has 1 aromatic carbocycles. The minimum atomic E-state index is -0.296. The lowest BCUT2D eigenvalue weighted by atomic mass is 9.28. The number of ether oxygens (including phenoxy) is 2. The summed E-state index contributed by atoms with van der Waals surface area (Å²) in [5.41, 5.74) is 3.34. The lowest BCUT2D eigenvalue weighted by Gasteiger charge is -2.75. The van der Waals surface area contributed by atoms with E-state index in [1.807, 2.05) is 12.1 Å². The van der Waals surface area contributed by atoms with E-state index in [-0.39, 0.29) is 42.2 Å². The fourth-order valence-corrected chi connectivity index (χ4v) is 10.5. The highest BCUT2D eigenvalue weighted by molar-refractivity contribution is 5.71. The van der Waals surface area contributed by atoms with Gasteiger partial charge in [0.2, 0.25) is 0 Å². The summed E-state index contributed by atoms with van der Waals surface area (Å²) in [4.78, 5) is 12.9. The van der Waals surface area contributed by atoms with E-state index in [1.54, 1.807) is 0 Å². The molecule has 1 aromatic rings. The second-order valence-corrected chi connectivity index (χ2v) is 14.7. The number of carbonyl (C=O) groups is 1. The molecule has 0 spiro atoms. The fraction of sp³-hybridized carbons (Fsp3) is 0.794. The molecule has 0 amide bonds.